The Labute approximate surface area is 168 Å². The van der Waals surface area contributed by atoms with Crippen LogP contribution in [0.25, 0.3) is 0 Å². The van der Waals surface area contributed by atoms with Gasteiger partial charge in [-0.15, -0.1) is 0 Å². The van der Waals surface area contributed by atoms with E-state index in [9.17, 15) is 9.18 Å². The third kappa shape index (κ3) is 5.22. The van der Waals surface area contributed by atoms with Crippen LogP contribution in [0.15, 0.2) is 60.7 Å². The van der Waals surface area contributed by atoms with Gasteiger partial charge in [-0.3, -0.25) is 4.79 Å². The number of amides is 1. The third-order valence-corrected chi connectivity index (χ3v) is 4.15. The molecule has 7 heteroatoms. The van der Waals surface area contributed by atoms with Crippen molar-refractivity contribution in [3.05, 3.63) is 83.3 Å². The van der Waals surface area contributed by atoms with Crippen LogP contribution in [-0.2, 0) is 13.2 Å². The molecule has 1 amide bonds. The maximum atomic E-state index is 13.1. The molecule has 0 aliphatic rings. The van der Waals surface area contributed by atoms with Crippen LogP contribution in [0.4, 0.5) is 4.39 Å². The van der Waals surface area contributed by atoms with Gasteiger partial charge in [0.1, 0.15) is 12.4 Å². The SMILES string of the molecule is COc1cc(OC)c(OCc2ccccc2)c(C(=O)NCc2ccc(F)cc2)n1. The van der Waals surface area contributed by atoms with Gasteiger partial charge in [0.2, 0.25) is 5.88 Å². The van der Waals surface area contributed by atoms with Gasteiger partial charge < -0.3 is 19.5 Å². The molecular formula is C22H21FN2O4. The molecule has 1 heterocycles. The topological polar surface area (TPSA) is 69.7 Å². The van der Waals surface area contributed by atoms with Crippen LogP contribution in [0.2, 0.25) is 0 Å². The van der Waals surface area contributed by atoms with E-state index in [1.807, 2.05) is 30.3 Å². The number of aromatic nitrogens is 1. The molecule has 3 rings (SSSR count). The zero-order valence-corrected chi connectivity index (χ0v) is 16.1. The van der Waals surface area contributed by atoms with E-state index in [0.717, 1.165) is 11.1 Å². The summed E-state index contributed by atoms with van der Waals surface area (Å²) in [6, 6.07) is 17.0. The minimum atomic E-state index is -0.463. The van der Waals surface area contributed by atoms with E-state index in [2.05, 4.69) is 10.3 Å². The van der Waals surface area contributed by atoms with Crippen molar-refractivity contribution in [3.8, 4) is 17.4 Å². The zero-order chi connectivity index (χ0) is 20.6. The molecule has 0 aliphatic heterocycles. The number of methoxy groups -OCH3 is 2. The van der Waals surface area contributed by atoms with E-state index in [4.69, 9.17) is 14.2 Å². The summed E-state index contributed by atoms with van der Waals surface area (Å²) in [4.78, 5) is 17.1. The van der Waals surface area contributed by atoms with Gasteiger partial charge >= 0.3 is 0 Å². The lowest BCUT2D eigenvalue weighted by molar-refractivity contribution is 0.0938. The molecule has 0 saturated heterocycles. The Bertz CT molecular complexity index is 963. The number of halogens is 1. The molecule has 6 nitrogen and oxygen atoms in total. The monoisotopic (exact) mass is 396 g/mol. The molecule has 0 radical (unpaired) electrons. The van der Waals surface area contributed by atoms with Crippen LogP contribution < -0.4 is 19.5 Å². The van der Waals surface area contributed by atoms with Gasteiger partial charge in [0, 0.05) is 12.6 Å². The maximum Gasteiger partial charge on any atom is 0.274 e. The van der Waals surface area contributed by atoms with Crippen molar-refractivity contribution in [1.82, 2.24) is 10.3 Å². The number of carbonyl (C=O) groups is 1. The van der Waals surface area contributed by atoms with Gasteiger partial charge in [-0.25, -0.2) is 9.37 Å². The molecule has 2 aromatic carbocycles. The van der Waals surface area contributed by atoms with Gasteiger partial charge in [0.15, 0.2) is 17.2 Å². The van der Waals surface area contributed by atoms with Crippen molar-refractivity contribution in [2.45, 2.75) is 13.2 Å². The number of hydrogen-bond donors (Lipinski definition) is 1. The van der Waals surface area contributed by atoms with Gasteiger partial charge in [-0.2, -0.15) is 0 Å². The van der Waals surface area contributed by atoms with Crippen LogP contribution in [0, 0.1) is 5.82 Å². The minimum Gasteiger partial charge on any atom is -0.493 e. The fourth-order valence-corrected chi connectivity index (χ4v) is 2.64. The van der Waals surface area contributed by atoms with E-state index in [-0.39, 0.29) is 36.3 Å². The molecule has 0 aliphatic carbocycles. The molecule has 29 heavy (non-hydrogen) atoms. The van der Waals surface area contributed by atoms with Crippen LogP contribution in [-0.4, -0.2) is 25.1 Å². The molecule has 0 fully saturated rings. The second-order valence-corrected chi connectivity index (χ2v) is 6.13. The van der Waals surface area contributed by atoms with Gasteiger partial charge in [-0.05, 0) is 23.3 Å². The normalized spacial score (nSPS) is 10.3. The molecule has 3 aromatic rings. The zero-order valence-electron chi connectivity index (χ0n) is 16.1. The molecular weight excluding hydrogens is 375 g/mol. The molecule has 1 N–H and O–H groups in total. The summed E-state index contributed by atoms with van der Waals surface area (Å²) >= 11 is 0. The summed E-state index contributed by atoms with van der Waals surface area (Å²) < 4.78 is 29.5. The summed E-state index contributed by atoms with van der Waals surface area (Å²) in [6.07, 6.45) is 0. The average molecular weight is 396 g/mol. The second kappa shape index (κ2) is 9.54. The number of nitrogens with one attached hydrogen (secondary N) is 1. The molecule has 1 aromatic heterocycles. The summed E-state index contributed by atoms with van der Waals surface area (Å²) in [6.45, 7) is 0.446. The number of nitrogens with zero attached hydrogens (tertiary/aromatic N) is 1. The Kier molecular flexibility index (Phi) is 6.63. The smallest absolute Gasteiger partial charge is 0.274 e. The first kappa shape index (κ1) is 20.1. The van der Waals surface area contributed by atoms with Gasteiger partial charge in [0.05, 0.1) is 14.2 Å². The van der Waals surface area contributed by atoms with Gasteiger partial charge in [0.25, 0.3) is 5.91 Å². The largest absolute Gasteiger partial charge is 0.493 e. The molecule has 0 saturated carbocycles. The molecule has 0 bridgehead atoms. The van der Waals surface area contributed by atoms with Crippen molar-refractivity contribution in [1.29, 1.82) is 0 Å². The van der Waals surface area contributed by atoms with E-state index in [0.29, 0.717) is 5.75 Å². The summed E-state index contributed by atoms with van der Waals surface area (Å²) in [5, 5.41) is 2.76. The Hall–Kier alpha value is -3.61. The van der Waals surface area contributed by atoms with Crippen LogP contribution in [0.1, 0.15) is 21.6 Å². The minimum absolute atomic E-state index is 0.0410. The average Bonchev–Trinajstić information content (AvgIpc) is 2.77. The quantitative estimate of drug-likeness (QED) is 0.628. The van der Waals surface area contributed by atoms with Crippen LogP contribution >= 0.6 is 0 Å². The van der Waals surface area contributed by atoms with Gasteiger partial charge in [-0.1, -0.05) is 42.5 Å². The number of benzene rings is 2. The molecule has 150 valence electrons. The second-order valence-electron chi connectivity index (χ2n) is 6.13. The lowest BCUT2D eigenvalue weighted by Crippen LogP contribution is -2.25. The highest BCUT2D eigenvalue weighted by atomic mass is 19.1. The lowest BCUT2D eigenvalue weighted by atomic mass is 10.2. The molecule has 0 unspecified atom stereocenters. The fourth-order valence-electron chi connectivity index (χ4n) is 2.64. The highest BCUT2D eigenvalue weighted by Crippen LogP contribution is 2.34. The predicted molar refractivity (Wildman–Crippen MR) is 106 cm³/mol. The van der Waals surface area contributed by atoms with Crippen molar-refractivity contribution in [3.63, 3.8) is 0 Å². The standard InChI is InChI=1S/C22H21FN2O4/c1-27-18-12-19(28-2)25-20(21(18)29-14-16-6-4-3-5-7-16)22(26)24-13-15-8-10-17(23)11-9-15/h3-12H,13-14H2,1-2H3,(H,24,26). The Balaban J connectivity index is 1.83. The van der Waals surface area contributed by atoms with E-state index in [1.54, 1.807) is 18.2 Å². The first-order chi connectivity index (χ1) is 14.1. The first-order valence-corrected chi connectivity index (χ1v) is 8.93. The Morgan fingerprint density at radius 3 is 2.38 bits per heavy atom. The highest BCUT2D eigenvalue weighted by Gasteiger charge is 2.22. The van der Waals surface area contributed by atoms with Crippen LogP contribution in [0.3, 0.4) is 0 Å². The molecule has 0 atom stereocenters. The first-order valence-electron chi connectivity index (χ1n) is 8.93. The van der Waals surface area contributed by atoms with Crippen molar-refractivity contribution in [2.24, 2.45) is 0 Å². The highest BCUT2D eigenvalue weighted by molar-refractivity contribution is 5.96. The van der Waals surface area contributed by atoms with Crippen molar-refractivity contribution in [2.75, 3.05) is 14.2 Å². The predicted octanol–water partition coefficient (Wildman–Crippen LogP) is 3.75. The maximum absolute atomic E-state index is 13.1. The van der Waals surface area contributed by atoms with E-state index < -0.39 is 5.91 Å². The summed E-state index contributed by atoms with van der Waals surface area (Å²) in [5.41, 5.74) is 1.73. The number of rotatable bonds is 8. The van der Waals surface area contributed by atoms with Crippen molar-refractivity contribution >= 4 is 5.91 Å². The number of pyridine rings is 1. The third-order valence-electron chi connectivity index (χ3n) is 4.15. The Morgan fingerprint density at radius 2 is 1.72 bits per heavy atom. The fraction of sp³-hybridized carbons (Fsp3) is 0.182. The summed E-state index contributed by atoms with van der Waals surface area (Å²) in [5.74, 6) is -0.0280. The number of ether oxygens (including phenoxy) is 3. The molecule has 0 spiro atoms. The van der Waals surface area contributed by atoms with E-state index in [1.165, 1.54) is 26.4 Å². The number of carbonyl (C=O) groups excluding carboxylic acids is 1. The number of hydrogen-bond acceptors (Lipinski definition) is 5. The summed E-state index contributed by atoms with van der Waals surface area (Å²) in [7, 11) is 2.93. The van der Waals surface area contributed by atoms with Crippen LogP contribution in [0.5, 0.6) is 17.4 Å². The van der Waals surface area contributed by atoms with E-state index >= 15 is 0 Å². The Morgan fingerprint density at radius 1 is 1.00 bits per heavy atom. The van der Waals surface area contributed by atoms with Crippen molar-refractivity contribution < 1.29 is 23.4 Å². The lowest BCUT2D eigenvalue weighted by Gasteiger charge is -2.16.